The van der Waals surface area contributed by atoms with E-state index in [1.807, 2.05) is 27.7 Å². The van der Waals surface area contributed by atoms with Gasteiger partial charge in [-0.3, -0.25) is 4.79 Å². The number of carbonyl (C=O) groups is 1. The lowest BCUT2D eigenvalue weighted by Gasteiger charge is -2.28. The third-order valence-electron chi connectivity index (χ3n) is 2.44. The van der Waals surface area contributed by atoms with E-state index in [4.69, 9.17) is 0 Å². The molecule has 1 aliphatic rings. The summed E-state index contributed by atoms with van der Waals surface area (Å²) < 4.78 is 0. The van der Waals surface area contributed by atoms with Crippen LogP contribution in [0.15, 0.2) is 36.7 Å². The van der Waals surface area contributed by atoms with E-state index in [0.717, 1.165) is 11.4 Å². The molecule has 0 saturated heterocycles. The van der Waals surface area contributed by atoms with Gasteiger partial charge in [0.1, 0.15) is 6.04 Å². The van der Waals surface area contributed by atoms with Gasteiger partial charge >= 0.3 is 0 Å². The summed E-state index contributed by atoms with van der Waals surface area (Å²) in [6.45, 7) is 15.8. The van der Waals surface area contributed by atoms with Gasteiger partial charge in [-0.05, 0) is 12.2 Å². The van der Waals surface area contributed by atoms with E-state index in [-0.39, 0.29) is 17.7 Å². The fourth-order valence-corrected chi connectivity index (χ4v) is 1.55. The molecule has 17 heavy (non-hydrogen) atoms. The van der Waals surface area contributed by atoms with Crippen molar-refractivity contribution in [3.05, 3.63) is 36.7 Å². The van der Waals surface area contributed by atoms with E-state index >= 15 is 0 Å². The average molecular weight is 236 g/mol. The molecule has 0 amide bonds. The van der Waals surface area contributed by atoms with Crippen LogP contribution in [0.3, 0.4) is 0 Å². The summed E-state index contributed by atoms with van der Waals surface area (Å²) in [5.41, 5.74) is 1.74. The second-order valence-corrected chi connectivity index (χ2v) is 3.87. The molecule has 1 aliphatic heterocycles. The fraction of sp³-hybridized carbons (Fsp3) is 0.500. The molecule has 0 bridgehead atoms. The highest BCUT2D eigenvalue weighted by Gasteiger charge is 2.24. The monoisotopic (exact) mass is 236 g/mol. The average Bonchev–Trinajstić information content (AvgIpc) is 2.39. The minimum atomic E-state index is -0.165. The highest BCUT2D eigenvalue weighted by Crippen LogP contribution is 2.10. The Hall–Kier alpha value is -1.51. The van der Waals surface area contributed by atoms with Gasteiger partial charge in [-0.1, -0.05) is 40.9 Å². The summed E-state index contributed by atoms with van der Waals surface area (Å²) in [5.74, 6) is 0.255. The van der Waals surface area contributed by atoms with Crippen molar-refractivity contribution < 1.29 is 4.79 Å². The fourth-order valence-electron chi connectivity index (χ4n) is 1.55. The standard InChI is InChI=1S/C12H18N2O.C2H6/c1-5-9-10(6-2)14-11(7-13-9)12(15)8(3)4;1-2/h5-6,8,11,13-14H,1-2,7H2,3-4H3;1-2H3. The van der Waals surface area contributed by atoms with Crippen LogP contribution in [-0.2, 0) is 4.79 Å². The van der Waals surface area contributed by atoms with Crippen LogP contribution in [0.2, 0.25) is 0 Å². The number of ketones is 1. The first-order valence-electron chi connectivity index (χ1n) is 6.13. The summed E-state index contributed by atoms with van der Waals surface area (Å²) in [6, 6.07) is -0.165. The zero-order valence-corrected chi connectivity index (χ0v) is 11.3. The molecular weight excluding hydrogens is 212 g/mol. The van der Waals surface area contributed by atoms with Crippen molar-refractivity contribution in [2.75, 3.05) is 6.54 Å². The number of allylic oxidation sites excluding steroid dienone is 2. The summed E-state index contributed by atoms with van der Waals surface area (Å²) in [5, 5.41) is 6.33. The molecular formula is C14H24N2O. The molecule has 0 saturated carbocycles. The minimum absolute atomic E-state index is 0.0423. The lowest BCUT2D eigenvalue weighted by Crippen LogP contribution is -2.49. The number of carbonyl (C=O) groups excluding carboxylic acids is 1. The largest absolute Gasteiger partial charge is 0.381 e. The van der Waals surface area contributed by atoms with Gasteiger partial charge in [-0.2, -0.15) is 0 Å². The Labute approximate surface area is 105 Å². The molecule has 0 aliphatic carbocycles. The SMILES string of the molecule is C=CC1=C(C=C)NC(C(=O)C(C)C)CN1.CC. The van der Waals surface area contributed by atoms with Crippen LogP contribution in [0.25, 0.3) is 0 Å². The number of nitrogens with one attached hydrogen (secondary N) is 2. The van der Waals surface area contributed by atoms with Gasteiger partial charge < -0.3 is 10.6 Å². The zero-order valence-electron chi connectivity index (χ0n) is 11.3. The van der Waals surface area contributed by atoms with Crippen molar-refractivity contribution in [1.82, 2.24) is 10.6 Å². The van der Waals surface area contributed by atoms with Gasteiger partial charge in [-0.25, -0.2) is 0 Å². The highest BCUT2D eigenvalue weighted by molar-refractivity contribution is 5.86. The summed E-state index contributed by atoms with van der Waals surface area (Å²) >= 11 is 0. The van der Waals surface area contributed by atoms with Gasteiger partial charge in [0.05, 0.1) is 11.4 Å². The Morgan fingerprint density at radius 1 is 1.29 bits per heavy atom. The Kier molecular flexibility index (Phi) is 7.03. The maximum absolute atomic E-state index is 11.8. The first-order chi connectivity index (χ1) is 8.10. The van der Waals surface area contributed by atoms with Crippen molar-refractivity contribution in [2.45, 2.75) is 33.7 Å². The van der Waals surface area contributed by atoms with Crippen molar-refractivity contribution in [1.29, 1.82) is 0 Å². The van der Waals surface area contributed by atoms with E-state index in [1.165, 1.54) is 0 Å². The molecule has 0 aromatic carbocycles. The van der Waals surface area contributed by atoms with Crippen LogP contribution in [-0.4, -0.2) is 18.4 Å². The van der Waals surface area contributed by atoms with Gasteiger partial charge in [-0.15, -0.1) is 0 Å². The molecule has 3 nitrogen and oxygen atoms in total. The van der Waals surface area contributed by atoms with E-state index in [1.54, 1.807) is 12.2 Å². The molecule has 0 aromatic rings. The van der Waals surface area contributed by atoms with E-state index in [9.17, 15) is 4.79 Å². The van der Waals surface area contributed by atoms with E-state index < -0.39 is 0 Å². The minimum Gasteiger partial charge on any atom is -0.381 e. The van der Waals surface area contributed by atoms with Gasteiger partial charge in [0, 0.05) is 12.5 Å². The molecule has 1 unspecified atom stereocenters. The molecule has 0 fully saturated rings. The molecule has 3 heteroatoms. The van der Waals surface area contributed by atoms with Crippen LogP contribution >= 0.6 is 0 Å². The lowest BCUT2D eigenvalue weighted by atomic mass is 9.99. The van der Waals surface area contributed by atoms with E-state index in [0.29, 0.717) is 6.54 Å². The first-order valence-corrected chi connectivity index (χ1v) is 6.13. The van der Waals surface area contributed by atoms with Crippen molar-refractivity contribution >= 4 is 5.78 Å². The maximum Gasteiger partial charge on any atom is 0.159 e. The molecule has 1 rings (SSSR count). The number of Topliss-reactive ketones (excluding diaryl/α,β-unsaturated/α-hetero) is 1. The van der Waals surface area contributed by atoms with Crippen LogP contribution < -0.4 is 10.6 Å². The predicted molar refractivity (Wildman–Crippen MR) is 73.5 cm³/mol. The summed E-state index contributed by atoms with van der Waals surface area (Å²) in [6.07, 6.45) is 3.42. The topological polar surface area (TPSA) is 41.1 Å². The normalized spacial score (nSPS) is 18.5. The maximum atomic E-state index is 11.8. The smallest absolute Gasteiger partial charge is 0.159 e. The van der Waals surface area contributed by atoms with Crippen molar-refractivity contribution in [3.8, 4) is 0 Å². The third kappa shape index (κ3) is 4.10. The summed E-state index contributed by atoms with van der Waals surface area (Å²) in [7, 11) is 0. The quantitative estimate of drug-likeness (QED) is 0.787. The van der Waals surface area contributed by atoms with Crippen LogP contribution in [0.4, 0.5) is 0 Å². The third-order valence-corrected chi connectivity index (χ3v) is 2.44. The molecule has 1 atom stereocenters. The molecule has 0 spiro atoms. The zero-order chi connectivity index (χ0) is 13.4. The number of hydrogen-bond donors (Lipinski definition) is 2. The van der Waals surface area contributed by atoms with Crippen molar-refractivity contribution in [2.24, 2.45) is 5.92 Å². The Bertz CT molecular complexity index is 316. The first kappa shape index (κ1) is 15.5. The lowest BCUT2D eigenvalue weighted by molar-refractivity contribution is -0.123. The van der Waals surface area contributed by atoms with Gasteiger partial charge in [0.25, 0.3) is 0 Å². The number of hydrogen-bond acceptors (Lipinski definition) is 3. The molecule has 2 N–H and O–H groups in total. The van der Waals surface area contributed by atoms with Crippen molar-refractivity contribution in [3.63, 3.8) is 0 Å². The molecule has 0 aromatic heterocycles. The molecule has 96 valence electrons. The Morgan fingerprint density at radius 3 is 2.24 bits per heavy atom. The Morgan fingerprint density at radius 2 is 1.82 bits per heavy atom. The van der Waals surface area contributed by atoms with Crippen LogP contribution in [0.5, 0.6) is 0 Å². The Balaban J connectivity index is 0.00000121. The number of rotatable bonds is 4. The van der Waals surface area contributed by atoms with E-state index in [2.05, 4.69) is 23.8 Å². The van der Waals surface area contributed by atoms with Crippen LogP contribution in [0, 0.1) is 5.92 Å². The van der Waals surface area contributed by atoms with Gasteiger partial charge in [0.2, 0.25) is 0 Å². The molecule has 1 heterocycles. The second kappa shape index (κ2) is 7.71. The molecule has 0 radical (unpaired) electrons. The van der Waals surface area contributed by atoms with Gasteiger partial charge in [0.15, 0.2) is 5.78 Å². The van der Waals surface area contributed by atoms with Crippen LogP contribution in [0.1, 0.15) is 27.7 Å². The summed E-state index contributed by atoms with van der Waals surface area (Å²) in [4.78, 5) is 11.8. The second-order valence-electron chi connectivity index (χ2n) is 3.87. The predicted octanol–water partition coefficient (Wildman–Crippen LogP) is 2.38. The highest BCUT2D eigenvalue weighted by atomic mass is 16.1.